The summed E-state index contributed by atoms with van der Waals surface area (Å²) in [5.41, 5.74) is -0.403. The molecule has 1 rings (SSSR count). The Morgan fingerprint density at radius 3 is 2.33 bits per heavy atom. The standard InChI is InChI=1S/C9H8F3NOS/c1-4(15)9(14)13-8-3-6(11)5(10)2-7(8)12/h2-4,15H,1H3,(H,13,14). The van der Waals surface area contributed by atoms with Crippen molar-refractivity contribution in [2.24, 2.45) is 0 Å². The van der Waals surface area contributed by atoms with Crippen LogP contribution in [0.4, 0.5) is 18.9 Å². The van der Waals surface area contributed by atoms with Gasteiger partial charge in [0.05, 0.1) is 10.9 Å². The van der Waals surface area contributed by atoms with E-state index < -0.39 is 34.3 Å². The Balaban J connectivity index is 2.96. The molecule has 6 heteroatoms. The van der Waals surface area contributed by atoms with Crippen LogP contribution in [0.5, 0.6) is 0 Å². The minimum Gasteiger partial charge on any atom is -0.323 e. The molecule has 1 N–H and O–H groups in total. The van der Waals surface area contributed by atoms with E-state index >= 15 is 0 Å². The summed E-state index contributed by atoms with van der Waals surface area (Å²) >= 11 is 3.80. The van der Waals surface area contributed by atoms with Crippen molar-refractivity contribution < 1.29 is 18.0 Å². The summed E-state index contributed by atoms with van der Waals surface area (Å²) in [5.74, 6) is -4.15. The minimum absolute atomic E-state index is 0.369. The van der Waals surface area contributed by atoms with Gasteiger partial charge in [-0.2, -0.15) is 12.6 Å². The van der Waals surface area contributed by atoms with Gasteiger partial charge in [-0.25, -0.2) is 13.2 Å². The molecule has 0 aromatic heterocycles. The van der Waals surface area contributed by atoms with Gasteiger partial charge in [0, 0.05) is 12.1 Å². The molecule has 0 radical (unpaired) electrons. The van der Waals surface area contributed by atoms with Crippen LogP contribution in [0.25, 0.3) is 0 Å². The Morgan fingerprint density at radius 2 is 1.80 bits per heavy atom. The highest BCUT2D eigenvalue weighted by Gasteiger charge is 2.14. The Labute approximate surface area is 89.9 Å². The number of rotatable bonds is 2. The number of thiol groups is 1. The number of hydrogen-bond acceptors (Lipinski definition) is 2. The van der Waals surface area contributed by atoms with Crippen molar-refractivity contribution in [2.75, 3.05) is 5.32 Å². The van der Waals surface area contributed by atoms with Gasteiger partial charge in [0.1, 0.15) is 5.82 Å². The Hall–Kier alpha value is -1.17. The summed E-state index contributed by atoms with van der Waals surface area (Å²) in [4.78, 5) is 11.1. The number of amides is 1. The molecule has 0 aliphatic carbocycles. The van der Waals surface area contributed by atoms with Gasteiger partial charge in [0.25, 0.3) is 0 Å². The fraction of sp³-hybridized carbons (Fsp3) is 0.222. The van der Waals surface area contributed by atoms with E-state index in [1.54, 1.807) is 0 Å². The summed E-state index contributed by atoms with van der Waals surface area (Å²) in [5, 5.41) is 1.41. The van der Waals surface area contributed by atoms with Gasteiger partial charge in [-0.3, -0.25) is 4.79 Å². The quantitative estimate of drug-likeness (QED) is 0.598. The molecule has 1 aromatic carbocycles. The van der Waals surface area contributed by atoms with E-state index in [1.165, 1.54) is 6.92 Å². The normalized spacial score (nSPS) is 12.3. The average Bonchev–Trinajstić information content (AvgIpc) is 2.13. The molecule has 1 amide bonds. The first-order valence-electron chi connectivity index (χ1n) is 4.05. The molecule has 0 aliphatic rings. The summed E-state index contributed by atoms with van der Waals surface area (Å²) < 4.78 is 38.2. The summed E-state index contributed by atoms with van der Waals surface area (Å²) in [6.45, 7) is 1.47. The van der Waals surface area contributed by atoms with Crippen molar-refractivity contribution in [3.8, 4) is 0 Å². The Bertz CT molecular complexity index is 395. The van der Waals surface area contributed by atoms with Crippen molar-refractivity contribution in [2.45, 2.75) is 12.2 Å². The number of nitrogens with one attached hydrogen (secondary N) is 1. The maximum absolute atomic E-state index is 13.0. The predicted octanol–water partition coefficient (Wildman–Crippen LogP) is 2.36. The first-order valence-corrected chi connectivity index (χ1v) is 4.57. The van der Waals surface area contributed by atoms with E-state index in [2.05, 4.69) is 17.9 Å². The second-order valence-electron chi connectivity index (χ2n) is 2.91. The van der Waals surface area contributed by atoms with Gasteiger partial charge < -0.3 is 5.32 Å². The van der Waals surface area contributed by atoms with Crippen molar-refractivity contribution in [1.29, 1.82) is 0 Å². The first kappa shape index (κ1) is 11.9. The molecule has 1 unspecified atom stereocenters. The smallest absolute Gasteiger partial charge is 0.237 e. The number of halogens is 3. The van der Waals surface area contributed by atoms with Crippen LogP contribution in [0.3, 0.4) is 0 Å². The molecule has 0 bridgehead atoms. The molecular formula is C9H8F3NOS. The van der Waals surface area contributed by atoms with E-state index in [-0.39, 0.29) is 0 Å². The SMILES string of the molecule is CC(S)C(=O)Nc1cc(F)c(F)cc1F. The largest absolute Gasteiger partial charge is 0.323 e. The fourth-order valence-corrected chi connectivity index (χ4v) is 0.920. The van der Waals surface area contributed by atoms with Crippen LogP contribution in [-0.4, -0.2) is 11.2 Å². The Morgan fingerprint density at radius 1 is 1.27 bits per heavy atom. The highest BCUT2D eigenvalue weighted by Crippen LogP contribution is 2.18. The third-order valence-corrected chi connectivity index (χ3v) is 1.88. The molecule has 1 atom stereocenters. The lowest BCUT2D eigenvalue weighted by Crippen LogP contribution is -2.21. The van der Waals surface area contributed by atoms with Crippen LogP contribution in [0, 0.1) is 17.5 Å². The second-order valence-corrected chi connectivity index (χ2v) is 3.69. The highest BCUT2D eigenvalue weighted by molar-refractivity contribution is 7.81. The number of carbonyl (C=O) groups excluding carboxylic acids is 1. The number of carbonyl (C=O) groups is 1. The third-order valence-electron chi connectivity index (χ3n) is 1.65. The van der Waals surface area contributed by atoms with Gasteiger partial charge in [-0.05, 0) is 6.92 Å². The molecule has 0 heterocycles. The lowest BCUT2D eigenvalue weighted by molar-refractivity contribution is -0.115. The molecule has 0 saturated heterocycles. The molecule has 0 spiro atoms. The van der Waals surface area contributed by atoms with Crippen LogP contribution in [-0.2, 0) is 4.79 Å². The highest BCUT2D eigenvalue weighted by atomic mass is 32.1. The lowest BCUT2D eigenvalue weighted by atomic mass is 10.2. The van der Waals surface area contributed by atoms with Crippen LogP contribution >= 0.6 is 12.6 Å². The van der Waals surface area contributed by atoms with E-state index in [4.69, 9.17) is 0 Å². The molecule has 2 nitrogen and oxygen atoms in total. The van der Waals surface area contributed by atoms with Gasteiger partial charge >= 0.3 is 0 Å². The Kier molecular flexibility index (Phi) is 3.62. The van der Waals surface area contributed by atoms with Crippen LogP contribution < -0.4 is 5.32 Å². The van der Waals surface area contributed by atoms with Crippen molar-refractivity contribution >= 4 is 24.2 Å². The topological polar surface area (TPSA) is 29.1 Å². The van der Waals surface area contributed by atoms with E-state index in [0.29, 0.717) is 12.1 Å². The second kappa shape index (κ2) is 4.57. The zero-order valence-electron chi connectivity index (χ0n) is 7.72. The molecule has 1 aromatic rings. The molecule has 15 heavy (non-hydrogen) atoms. The van der Waals surface area contributed by atoms with Gasteiger partial charge in [0.2, 0.25) is 5.91 Å². The van der Waals surface area contributed by atoms with E-state index in [1.807, 2.05) is 0 Å². The van der Waals surface area contributed by atoms with E-state index in [0.717, 1.165) is 0 Å². The van der Waals surface area contributed by atoms with Crippen LogP contribution in [0.2, 0.25) is 0 Å². The van der Waals surface area contributed by atoms with E-state index in [9.17, 15) is 18.0 Å². The molecule has 82 valence electrons. The molecular weight excluding hydrogens is 227 g/mol. The number of anilines is 1. The number of benzene rings is 1. The summed E-state index contributed by atoms with van der Waals surface area (Å²) in [7, 11) is 0. The average molecular weight is 235 g/mol. The maximum atomic E-state index is 13.0. The number of hydrogen-bond donors (Lipinski definition) is 2. The molecule has 0 saturated carbocycles. The van der Waals surface area contributed by atoms with Crippen molar-refractivity contribution in [3.63, 3.8) is 0 Å². The third kappa shape index (κ3) is 2.89. The summed E-state index contributed by atoms with van der Waals surface area (Å²) in [6, 6.07) is 0.951. The predicted molar refractivity (Wildman–Crippen MR) is 53.4 cm³/mol. The van der Waals surface area contributed by atoms with Crippen molar-refractivity contribution in [3.05, 3.63) is 29.6 Å². The maximum Gasteiger partial charge on any atom is 0.237 e. The molecule has 0 fully saturated rings. The summed E-state index contributed by atoms with van der Waals surface area (Å²) in [6.07, 6.45) is 0. The minimum atomic E-state index is -1.30. The van der Waals surface area contributed by atoms with Gasteiger partial charge in [0.15, 0.2) is 11.6 Å². The molecule has 0 aliphatic heterocycles. The zero-order valence-corrected chi connectivity index (χ0v) is 8.62. The zero-order chi connectivity index (χ0) is 11.6. The fourth-order valence-electron chi connectivity index (χ4n) is 0.856. The van der Waals surface area contributed by atoms with Crippen LogP contribution in [0.1, 0.15) is 6.92 Å². The first-order chi connectivity index (χ1) is 6.91. The van der Waals surface area contributed by atoms with Crippen molar-refractivity contribution in [1.82, 2.24) is 0 Å². The monoisotopic (exact) mass is 235 g/mol. The van der Waals surface area contributed by atoms with Crippen LogP contribution in [0.15, 0.2) is 12.1 Å². The lowest BCUT2D eigenvalue weighted by Gasteiger charge is -2.08. The van der Waals surface area contributed by atoms with Gasteiger partial charge in [-0.15, -0.1) is 0 Å². The van der Waals surface area contributed by atoms with Gasteiger partial charge in [-0.1, -0.05) is 0 Å².